The highest BCUT2D eigenvalue weighted by molar-refractivity contribution is 6.35. The Bertz CT molecular complexity index is 878. The maximum Gasteiger partial charge on any atom is 0.227 e. The van der Waals surface area contributed by atoms with E-state index in [9.17, 15) is 4.79 Å². The van der Waals surface area contributed by atoms with Gasteiger partial charge in [0.05, 0.1) is 13.0 Å². The van der Waals surface area contributed by atoms with Gasteiger partial charge in [-0.2, -0.15) is 0 Å². The topological polar surface area (TPSA) is 36.0 Å². The van der Waals surface area contributed by atoms with E-state index in [1.165, 1.54) is 5.69 Å². The summed E-state index contributed by atoms with van der Waals surface area (Å²) >= 11 is 12.7. The van der Waals surface area contributed by atoms with Crippen LogP contribution in [0.3, 0.4) is 0 Å². The first-order valence-electron chi connectivity index (χ1n) is 10.9. The average Bonchev–Trinajstić information content (AvgIpc) is 2.81. The molecule has 0 radical (unpaired) electrons. The molecule has 0 aromatic heterocycles. The average molecular weight is 462 g/mol. The Balaban J connectivity index is 1.32. The Morgan fingerprint density at radius 2 is 1.68 bits per heavy atom. The predicted molar refractivity (Wildman–Crippen MR) is 126 cm³/mol. The number of methoxy groups -OCH3 is 1. The number of amides is 1. The van der Waals surface area contributed by atoms with Gasteiger partial charge in [-0.25, -0.2) is 0 Å². The number of carbonyl (C=O) groups excluding carboxylic acids is 1. The maximum absolute atomic E-state index is 13.2. The zero-order valence-corrected chi connectivity index (χ0v) is 19.4. The van der Waals surface area contributed by atoms with Crippen LogP contribution in [0.1, 0.15) is 18.4 Å². The summed E-state index contributed by atoms with van der Waals surface area (Å²) in [4.78, 5) is 19.9. The lowest BCUT2D eigenvalue weighted by molar-refractivity contribution is -0.137. The van der Waals surface area contributed by atoms with E-state index in [1.807, 2.05) is 35.2 Å². The highest BCUT2D eigenvalue weighted by Gasteiger charge is 2.31. The number of likely N-dealkylation sites (tertiary alicyclic amines) is 1. The molecule has 31 heavy (non-hydrogen) atoms. The molecule has 0 spiro atoms. The first-order chi connectivity index (χ1) is 15.0. The number of halogens is 2. The van der Waals surface area contributed by atoms with E-state index >= 15 is 0 Å². The van der Waals surface area contributed by atoms with Gasteiger partial charge in [0, 0.05) is 60.6 Å². The number of piperazine rings is 1. The van der Waals surface area contributed by atoms with Crippen molar-refractivity contribution in [2.24, 2.45) is 5.92 Å². The molecule has 0 N–H and O–H groups in total. The molecule has 2 aromatic rings. The molecule has 1 amide bonds. The smallest absolute Gasteiger partial charge is 0.227 e. The number of hydrogen-bond donors (Lipinski definition) is 0. The Hall–Kier alpha value is -1.95. The van der Waals surface area contributed by atoms with Crippen LogP contribution in [-0.2, 0) is 11.3 Å². The van der Waals surface area contributed by atoms with Crippen molar-refractivity contribution in [2.75, 3.05) is 51.3 Å². The van der Waals surface area contributed by atoms with Crippen LogP contribution in [0, 0.1) is 5.92 Å². The number of piperidine rings is 1. The Labute approximate surface area is 194 Å². The molecule has 2 heterocycles. The molecule has 1 atom stereocenters. The van der Waals surface area contributed by atoms with Crippen molar-refractivity contribution in [3.63, 3.8) is 0 Å². The minimum absolute atomic E-state index is 0.0440. The minimum Gasteiger partial charge on any atom is -0.497 e. The summed E-state index contributed by atoms with van der Waals surface area (Å²) in [5, 5.41) is 1.38. The maximum atomic E-state index is 13.2. The largest absolute Gasteiger partial charge is 0.497 e. The lowest BCUT2D eigenvalue weighted by Crippen LogP contribution is -2.52. The fourth-order valence-electron chi connectivity index (χ4n) is 4.54. The molecule has 4 rings (SSSR count). The summed E-state index contributed by atoms with van der Waals surface area (Å²) in [6.45, 7) is 5.64. The van der Waals surface area contributed by atoms with Crippen LogP contribution < -0.4 is 9.64 Å². The third-order valence-electron chi connectivity index (χ3n) is 6.33. The quantitative estimate of drug-likeness (QED) is 0.653. The van der Waals surface area contributed by atoms with Crippen molar-refractivity contribution in [1.29, 1.82) is 0 Å². The molecule has 0 saturated carbocycles. The predicted octanol–water partition coefficient (Wildman–Crippen LogP) is 4.56. The van der Waals surface area contributed by atoms with E-state index in [1.54, 1.807) is 7.11 Å². The summed E-state index contributed by atoms with van der Waals surface area (Å²) in [5.74, 6) is 1.18. The summed E-state index contributed by atoms with van der Waals surface area (Å²) in [5.41, 5.74) is 2.13. The number of rotatable bonds is 5. The molecule has 2 fully saturated rings. The van der Waals surface area contributed by atoms with Crippen LogP contribution in [0.5, 0.6) is 5.75 Å². The van der Waals surface area contributed by atoms with Crippen molar-refractivity contribution >= 4 is 34.8 Å². The van der Waals surface area contributed by atoms with Gasteiger partial charge in [0.15, 0.2) is 0 Å². The SMILES string of the molecule is COc1ccc(N2CCN(C(=O)[C@H]3CCCN(Cc4c(Cl)cccc4Cl)C3)CC2)cc1. The molecule has 0 aliphatic carbocycles. The Kier molecular flexibility index (Phi) is 7.26. The number of nitrogens with zero attached hydrogens (tertiary/aromatic N) is 3. The monoisotopic (exact) mass is 461 g/mol. The van der Waals surface area contributed by atoms with Crippen molar-refractivity contribution in [1.82, 2.24) is 9.80 Å². The lowest BCUT2D eigenvalue weighted by atomic mass is 9.95. The molecular formula is C24H29Cl2N3O2. The first kappa shape index (κ1) is 22.3. The molecule has 0 unspecified atom stereocenters. The molecule has 2 aliphatic heterocycles. The first-order valence-corrected chi connectivity index (χ1v) is 11.6. The second kappa shape index (κ2) is 10.1. The van der Waals surface area contributed by atoms with E-state index in [2.05, 4.69) is 21.9 Å². The lowest BCUT2D eigenvalue weighted by Gasteiger charge is -2.39. The van der Waals surface area contributed by atoms with Crippen LogP contribution in [-0.4, -0.2) is 62.1 Å². The van der Waals surface area contributed by atoms with E-state index in [4.69, 9.17) is 27.9 Å². The van der Waals surface area contributed by atoms with Crippen LogP contribution >= 0.6 is 23.2 Å². The van der Waals surface area contributed by atoms with Gasteiger partial charge in [-0.1, -0.05) is 29.3 Å². The van der Waals surface area contributed by atoms with Gasteiger partial charge >= 0.3 is 0 Å². The van der Waals surface area contributed by atoms with Crippen molar-refractivity contribution in [2.45, 2.75) is 19.4 Å². The molecule has 2 aliphatic rings. The molecule has 5 nitrogen and oxygen atoms in total. The van der Waals surface area contributed by atoms with Gasteiger partial charge in [0.2, 0.25) is 5.91 Å². The van der Waals surface area contributed by atoms with Gasteiger partial charge in [-0.15, -0.1) is 0 Å². The van der Waals surface area contributed by atoms with Crippen molar-refractivity contribution < 1.29 is 9.53 Å². The van der Waals surface area contributed by atoms with Crippen LogP contribution in [0.2, 0.25) is 10.0 Å². The standard InChI is InChI=1S/C24H29Cl2N3O2/c1-31-20-9-7-19(8-10-20)28-12-14-29(15-13-28)24(30)18-4-3-11-27(16-18)17-21-22(25)5-2-6-23(21)26/h2,5-10,18H,3-4,11-17H2,1H3/t18-/m0/s1. The van der Waals surface area contributed by atoms with Crippen molar-refractivity contribution in [3.05, 3.63) is 58.1 Å². The van der Waals surface area contributed by atoms with E-state index in [0.29, 0.717) is 16.6 Å². The van der Waals surface area contributed by atoms with Crippen LogP contribution in [0.25, 0.3) is 0 Å². The number of hydrogen-bond acceptors (Lipinski definition) is 4. The van der Waals surface area contributed by atoms with Crippen LogP contribution in [0.15, 0.2) is 42.5 Å². The molecule has 0 bridgehead atoms. The third-order valence-corrected chi connectivity index (χ3v) is 7.04. The summed E-state index contributed by atoms with van der Waals surface area (Å²) in [6, 6.07) is 13.7. The number of carbonyl (C=O) groups is 1. The van der Waals surface area contributed by atoms with Crippen LogP contribution in [0.4, 0.5) is 5.69 Å². The Morgan fingerprint density at radius 1 is 1.00 bits per heavy atom. The molecule has 2 saturated heterocycles. The molecular weight excluding hydrogens is 433 g/mol. The zero-order valence-electron chi connectivity index (χ0n) is 17.9. The zero-order chi connectivity index (χ0) is 21.8. The number of ether oxygens (including phenoxy) is 1. The number of benzene rings is 2. The molecule has 2 aromatic carbocycles. The van der Waals surface area contributed by atoms with E-state index in [0.717, 1.165) is 63.4 Å². The fourth-order valence-corrected chi connectivity index (χ4v) is 5.06. The normalized spacial score (nSPS) is 20.0. The van der Waals surface area contributed by atoms with Gasteiger partial charge in [0.25, 0.3) is 0 Å². The highest BCUT2D eigenvalue weighted by atomic mass is 35.5. The highest BCUT2D eigenvalue weighted by Crippen LogP contribution is 2.28. The van der Waals surface area contributed by atoms with E-state index in [-0.39, 0.29) is 11.8 Å². The second-order valence-corrected chi connectivity index (χ2v) is 9.10. The van der Waals surface area contributed by atoms with Gasteiger partial charge in [-0.05, 0) is 55.8 Å². The third kappa shape index (κ3) is 5.28. The Morgan fingerprint density at radius 3 is 2.32 bits per heavy atom. The van der Waals surface area contributed by atoms with E-state index < -0.39 is 0 Å². The number of anilines is 1. The summed E-state index contributed by atoms with van der Waals surface area (Å²) in [7, 11) is 1.68. The fraction of sp³-hybridized carbons (Fsp3) is 0.458. The van der Waals surface area contributed by atoms with Gasteiger partial charge in [-0.3, -0.25) is 9.69 Å². The minimum atomic E-state index is 0.0440. The molecule has 7 heteroatoms. The molecule has 166 valence electrons. The van der Waals surface area contributed by atoms with Gasteiger partial charge in [0.1, 0.15) is 5.75 Å². The summed E-state index contributed by atoms with van der Waals surface area (Å²) < 4.78 is 5.24. The van der Waals surface area contributed by atoms with Gasteiger partial charge < -0.3 is 14.5 Å². The summed E-state index contributed by atoms with van der Waals surface area (Å²) in [6.07, 6.45) is 1.97. The van der Waals surface area contributed by atoms with Crippen molar-refractivity contribution in [3.8, 4) is 5.75 Å². The second-order valence-electron chi connectivity index (χ2n) is 8.28.